The third kappa shape index (κ3) is 6.39. The quantitative estimate of drug-likeness (QED) is 0.540. The molecular weight excluding hydrogens is 374 g/mol. The summed E-state index contributed by atoms with van der Waals surface area (Å²) in [5, 5.41) is 15.6. The monoisotopic (exact) mass is 395 g/mol. The molecule has 8 nitrogen and oxygen atoms in total. The summed E-state index contributed by atoms with van der Waals surface area (Å²) in [7, 11) is 0. The van der Waals surface area contributed by atoms with E-state index >= 15 is 0 Å². The molecule has 1 amide bonds. The molecule has 29 heavy (non-hydrogen) atoms. The van der Waals surface area contributed by atoms with Gasteiger partial charge in [0.05, 0.1) is 12.2 Å². The van der Waals surface area contributed by atoms with Gasteiger partial charge < -0.3 is 19.9 Å². The third-order valence-electron chi connectivity index (χ3n) is 3.94. The Hall–Kier alpha value is -3.81. The van der Waals surface area contributed by atoms with Crippen LogP contribution in [0, 0.1) is 0 Å². The van der Waals surface area contributed by atoms with Crippen LogP contribution in [0.5, 0.6) is 5.75 Å². The number of amides is 1. The first-order valence-corrected chi connectivity index (χ1v) is 9.03. The first-order valence-electron chi connectivity index (χ1n) is 9.03. The highest BCUT2D eigenvalue weighted by molar-refractivity contribution is 5.67. The van der Waals surface area contributed by atoms with Crippen molar-refractivity contribution in [3.63, 3.8) is 0 Å². The summed E-state index contributed by atoms with van der Waals surface area (Å²) in [6, 6.07) is 18.5. The summed E-state index contributed by atoms with van der Waals surface area (Å²) in [4.78, 5) is 22.4. The molecule has 0 saturated heterocycles. The zero-order chi connectivity index (χ0) is 20.5. The Labute approximate surface area is 167 Å². The fourth-order valence-electron chi connectivity index (χ4n) is 2.56. The van der Waals surface area contributed by atoms with Crippen LogP contribution in [0.15, 0.2) is 66.9 Å². The van der Waals surface area contributed by atoms with E-state index in [9.17, 15) is 9.59 Å². The van der Waals surface area contributed by atoms with Crippen molar-refractivity contribution in [2.75, 3.05) is 13.2 Å². The van der Waals surface area contributed by atoms with Crippen LogP contribution in [0.2, 0.25) is 0 Å². The average molecular weight is 395 g/mol. The number of aromatic nitrogens is 2. The molecule has 0 atom stereocenters. The van der Waals surface area contributed by atoms with Gasteiger partial charge in [-0.05, 0) is 35.9 Å². The molecule has 2 aromatic carbocycles. The molecule has 150 valence electrons. The molecule has 0 radical (unpaired) electrons. The number of carboxylic acid groups (broad SMARTS) is 1. The molecule has 0 bridgehead atoms. The van der Waals surface area contributed by atoms with Crippen molar-refractivity contribution in [1.82, 2.24) is 15.1 Å². The third-order valence-corrected chi connectivity index (χ3v) is 3.94. The SMILES string of the molecule is O=C(O)Cn1ccc(-c2ccc(OCCNC(=O)OCc3ccccc3)cc2)n1. The molecule has 0 aliphatic carbocycles. The van der Waals surface area contributed by atoms with Crippen LogP contribution < -0.4 is 10.1 Å². The number of hydrogen-bond acceptors (Lipinski definition) is 5. The number of carboxylic acids is 1. The molecule has 0 aliphatic rings. The number of hydrogen-bond donors (Lipinski definition) is 2. The molecule has 0 unspecified atom stereocenters. The average Bonchev–Trinajstić information content (AvgIpc) is 3.18. The van der Waals surface area contributed by atoms with Gasteiger partial charge in [-0.2, -0.15) is 5.10 Å². The van der Waals surface area contributed by atoms with E-state index in [4.69, 9.17) is 14.6 Å². The Bertz CT molecular complexity index is 938. The van der Waals surface area contributed by atoms with Gasteiger partial charge in [0.2, 0.25) is 0 Å². The summed E-state index contributed by atoms with van der Waals surface area (Å²) in [6.07, 6.45) is 1.13. The van der Waals surface area contributed by atoms with Gasteiger partial charge in [0.25, 0.3) is 0 Å². The van der Waals surface area contributed by atoms with Crippen molar-refractivity contribution in [3.05, 3.63) is 72.4 Å². The molecule has 2 N–H and O–H groups in total. The minimum atomic E-state index is -0.944. The van der Waals surface area contributed by atoms with Crippen molar-refractivity contribution < 1.29 is 24.2 Å². The van der Waals surface area contributed by atoms with Gasteiger partial charge in [0, 0.05) is 11.8 Å². The summed E-state index contributed by atoms with van der Waals surface area (Å²) in [5.41, 5.74) is 2.46. The molecular formula is C21H21N3O5. The van der Waals surface area contributed by atoms with Gasteiger partial charge in [-0.1, -0.05) is 30.3 Å². The van der Waals surface area contributed by atoms with Crippen LogP contribution in [0.25, 0.3) is 11.3 Å². The smallest absolute Gasteiger partial charge is 0.407 e. The van der Waals surface area contributed by atoms with Crippen LogP contribution in [0.4, 0.5) is 4.79 Å². The lowest BCUT2D eigenvalue weighted by Crippen LogP contribution is -2.28. The standard InChI is InChI=1S/C21H21N3O5/c25-20(26)14-24-12-10-19(23-24)17-6-8-18(9-7-17)28-13-11-22-21(27)29-15-16-4-2-1-3-5-16/h1-10,12H,11,13-15H2,(H,22,27)(H,25,26). The molecule has 0 spiro atoms. The normalized spacial score (nSPS) is 10.3. The molecule has 1 heterocycles. The Morgan fingerprint density at radius 1 is 1.03 bits per heavy atom. The molecule has 0 aliphatic heterocycles. The van der Waals surface area contributed by atoms with Gasteiger partial charge in [-0.25, -0.2) is 4.79 Å². The predicted molar refractivity (Wildman–Crippen MR) is 105 cm³/mol. The highest BCUT2D eigenvalue weighted by Crippen LogP contribution is 2.20. The van der Waals surface area contributed by atoms with Crippen molar-refractivity contribution in [3.8, 4) is 17.0 Å². The zero-order valence-corrected chi connectivity index (χ0v) is 15.7. The topological polar surface area (TPSA) is 103 Å². The number of benzene rings is 2. The second kappa shape index (κ2) is 9.93. The predicted octanol–water partition coefficient (Wildman–Crippen LogP) is 2.94. The number of carbonyl (C=O) groups excluding carboxylic acids is 1. The number of alkyl carbamates (subject to hydrolysis) is 1. The van der Waals surface area contributed by atoms with Gasteiger partial charge >= 0.3 is 12.1 Å². The minimum absolute atomic E-state index is 0.179. The number of nitrogens with zero attached hydrogens (tertiary/aromatic N) is 2. The minimum Gasteiger partial charge on any atom is -0.492 e. The maximum Gasteiger partial charge on any atom is 0.407 e. The van der Waals surface area contributed by atoms with Gasteiger partial charge in [0.15, 0.2) is 0 Å². The second-order valence-electron chi connectivity index (χ2n) is 6.15. The lowest BCUT2D eigenvalue weighted by atomic mass is 10.1. The summed E-state index contributed by atoms with van der Waals surface area (Å²) >= 11 is 0. The largest absolute Gasteiger partial charge is 0.492 e. The molecule has 3 rings (SSSR count). The number of nitrogens with one attached hydrogen (secondary N) is 1. The highest BCUT2D eigenvalue weighted by atomic mass is 16.5. The Kier molecular flexibility index (Phi) is 6.83. The number of rotatable bonds is 9. The molecule has 8 heteroatoms. The Morgan fingerprint density at radius 2 is 1.79 bits per heavy atom. The summed E-state index contributed by atoms with van der Waals surface area (Å²) in [5.74, 6) is -0.292. The lowest BCUT2D eigenvalue weighted by Gasteiger charge is -2.09. The van der Waals surface area contributed by atoms with Gasteiger partial charge in [-0.3, -0.25) is 9.48 Å². The first kappa shape index (κ1) is 19.9. The lowest BCUT2D eigenvalue weighted by molar-refractivity contribution is -0.137. The summed E-state index contributed by atoms with van der Waals surface area (Å²) in [6.45, 7) is 0.654. The van der Waals surface area contributed by atoms with E-state index in [1.165, 1.54) is 4.68 Å². The number of ether oxygens (including phenoxy) is 2. The molecule has 0 saturated carbocycles. The van der Waals surface area contributed by atoms with Crippen molar-refractivity contribution in [1.29, 1.82) is 0 Å². The van der Waals surface area contributed by atoms with E-state index in [1.54, 1.807) is 24.4 Å². The zero-order valence-electron chi connectivity index (χ0n) is 15.7. The van der Waals surface area contributed by atoms with Crippen LogP contribution in [0.3, 0.4) is 0 Å². The fourth-order valence-corrected chi connectivity index (χ4v) is 2.56. The maximum atomic E-state index is 11.7. The van der Waals surface area contributed by atoms with E-state index in [-0.39, 0.29) is 13.2 Å². The van der Waals surface area contributed by atoms with Crippen LogP contribution >= 0.6 is 0 Å². The van der Waals surface area contributed by atoms with E-state index in [0.29, 0.717) is 24.6 Å². The molecule has 0 fully saturated rings. The van der Waals surface area contributed by atoms with Crippen LogP contribution in [-0.2, 0) is 22.7 Å². The number of aliphatic carboxylic acids is 1. The van der Waals surface area contributed by atoms with E-state index < -0.39 is 12.1 Å². The van der Waals surface area contributed by atoms with Crippen molar-refractivity contribution in [2.24, 2.45) is 0 Å². The number of carbonyl (C=O) groups is 2. The second-order valence-corrected chi connectivity index (χ2v) is 6.15. The van der Waals surface area contributed by atoms with Crippen molar-refractivity contribution >= 4 is 12.1 Å². The first-order chi connectivity index (χ1) is 14.1. The Balaban J connectivity index is 1.38. The summed E-state index contributed by atoms with van der Waals surface area (Å²) < 4.78 is 12.1. The van der Waals surface area contributed by atoms with Gasteiger partial charge in [0.1, 0.15) is 25.5 Å². The van der Waals surface area contributed by atoms with E-state index in [0.717, 1.165) is 11.1 Å². The van der Waals surface area contributed by atoms with Crippen LogP contribution in [0.1, 0.15) is 5.56 Å². The van der Waals surface area contributed by atoms with Gasteiger partial charge in [-0.15, -0.1) is 0 Å². The highest BCUT2D eigenvalue weighted by Gasteiger charge is 2.06. The van der Waals surface area contributed by atoms with E-state index in [2.05, 4.69) is 10.4 Å². The molecule has 1 aromatic heterocycles. The van der Waals surface area contributed by atoms with E-state index in [1.807, 2.05) is 42.5 Å². The molecule has 3 aromatic rings. The Morgan fingerprint density at radius 3 is 2.52 bits per heavy atom. The van der Waals surface area contributed by atoms with Crippen molar-refractivity contribution in [2.45, 2.75) is 13.2 Å². The maximum absolute atomic E-state index is 11.7. The fraction of sp³-hybridized carbons (Fsp3) is 0.190. The van der Waals surface area contributed by atoms with Crippen LogP contribution in [-0.4, -0.2) is 40.1 Å².